The van der Waals surface area contributed by atoms with Crippen molar-refractivity contribution < 1.29 is 0 Å². The summed E-state index contributed by atoms with van der Waals surface area (Å²) in [6, 6.07) is 8.42. The largest absolute Gasteiger partial charge is 0.363 e. The summed E-state index contributed by atoms with van der Waals surface area (Å²) in [7, 11) is 0. The Morgan fingerprint density at radius 2 is 2.19 bits per heavy atom. The summed E-state index contributed by atoms with van der Waals surface area (Å²) in [6.07, 6.45) is 5.68. The molecule has 132 valence electrons. The molecule has 3 aromatic heterocycles. The first-order chi connectivity index (χ1) is 12.8. The predicted octanol–water partition coefficient (Wildman–Crippen LogP) is 3.09. The van der Waals surface area contributed by atoms with Crippen molar-refractivity contribution in [3.63, 3.8) is 0 Å². The normalized spacial score (nSPS) is 17.8. The maximum atomic E-state index is 6.63. The number of halogens is 1. The van der Waals surface area contributed by atoms with E-state index in [2.05, 4.69) is 31.8 Å². The van der Waals surface area contributed by atoms with Crippen LogP contribution in [0.15, 0.2) is 36.8 Å². The number of anilines is 1. The molecule has 4 aromatic rings. The molecule has 1 atom stereocenters. The number of hydrogen-bond acceptors (Lipinski definition) is 5. The first-order valence-corrected chi connectivity index (χ1v) is 9.12. The van der Waals surface area contributed by atoms with Crippen LogP contribution in [0.5, 0.6) is 0 Å². The molecule has 0 radical (unpaired) electrons. The summed E-state index contributed by atoms with van der Waals surface area (Å²) in [5, 5.41) is 12.8. The third-order valence-electron chi connectivity index (χ3n) is 4.85. The molecular formula is C18H18ClN7. The number of nitrogens with one attached hydrogen (secondary N) is 3. The number of aromatic nitrogens is 5. The second-order valence-electron chi connectivity index (χ2n) is 6.53. The molecule has 1 fully saturated rings. The van der Waals surface area contributed by atoms with E-state index in [4.69, 9.17) is 16.6 Å². The molecule has 26 heavy (non-hydrogen) atoms. The number of benzene rings is 1. The van der Waals surface area contributed by atoms with E-state index in [0.717, 1.165) is 42.4 Å². The topological polar surface area (TPSA) is 82.9 Å². The smallest absolute Gasteiger partial charge is 0.199 e. The summed E-state index contributed by atoms with van der Waals surface area (Å²) in [5.41, 5.74) is 3.33. The Balaban J connectivity index is 1.66. The maximum absolute atomic E-state index is 6.63. The minimum atomic E-state index is 0.314. The minimum absolute atomic E-state index is 0.314. The molecule has 8 heteroatoms. The zero-order valence-corrected chi connectivity index (χ0v) is 14.8. The zero-order valence-electron chi connectivity index (χ0n) is 14.0. The molecule has 1 aliphatic heterocycles. The molecule has 0 saturated carbocycles. The highest BCUT2D eigenvalue weighted by atomic mass is 35.5. The molecule has 0 amide bonds. The van der Waals surface area contributed by atoms with Crippen molar-refractivity contribution in [1.29, 1.82) is 0 Å². The van der Waals surface area contributed by atoms with E-state index in [-0.39, 0.29) is 0 Å². The van der Waals surface area contributed by atoms with Crippen LogP contribution in [0.3, 0.4) is 0 Å². The van der Waals surface area contributed by atoms with Crippen LogP contribution in [0.2, 0.25) is 5.15 Å². The third kappa shape index (κ3) is 2.51. The third-order valence-corrected chi connectivity index (χ3v) is 5.19. The van der Waals surface area contributed by atoms with E-state index in [1.807, 2.05) is 24.4 Å². The average Bonchev–Trinajstić information content (AvgIpc) is 3.32. The molecular weight excluding hydrogens is 350 g/mol. The Morgan fingerprint density at radius 1 is 1.27 bits per heavy atom. The monoisotopic (exact) mass is 367 g/mol. The molecule has 0 spiro atoms. The molecule has 5 rings (SSSR count). The van der Waals surface area contributed by atoms with Gasteiger partial charge in [0.25, 0.3) is 0 Å². The molecule has 0 unspecified atom stereocenters. The summed E-state index contributed by atoms with van der Waals surface area (Å²) in [4.78, 5) is 12.5. The van der Waals surface area contributed by atoms with Gasteiger partial charge in [0.2, 0.25) is 0 Å². The zero-order chi connectivity index (χ0) is 17.5. The summed E-state index contributed by atoms with van der Waals surface area (Å²) in [5.74, 6) is 0.709. The van der Waals surface area contributed by atoms with E-state index in [0.29, 0.717) is 28.4 Å². The lowest BCUT2D eigenvalue weighted by Gasteiger charge is -2.24. The van der Waals surface area contributed by atoms with E-state index in [1.54, 1.807) is 4.52 Å². The molecule has 3 N–H and O–H groups in total. The Hall–Kier alpha value is -2.64. The Bertz CT molecular complexity index is 1080. The number of para-hydroxylation sites is 1. The lowest BCUT2D eigenvalue weighted by atomic mass is 10.1. The minimum Gasteiger partial charge on any atom is -0.363 e. The van der Waals surface area contributed by atoms with Crippen LogP contribution in [0.1, 0.15) is 12.8 Å². The molecule has 1 saturated heterocycles. The summed E-state index contributed by atoms with van der Waals surface area (Å²) < 4.78 is 1.64. The van der Waals surface area contributed by atoms with Gasteiger partial charge in [-0.1, -0.05) is 29.8 Å². The average molecular weight is 368 g/mol. The number of fused-ring (bicyclic) bond motifs is 2. The second kappa shape index (κ2) is 6.26. The van der Waals surface area contributed by atoms with Gasteiger partial charge < -0.3 is 15.6 Å². The maximum Gasteiger partial charge on any atom is 0.199 e. The lowest BCUT2D eigenvalue weighted by Crippen LogP contribution is -2.38. The highest BCUT2D eigenvalue weighted by molar-refractivity contribution is 6.32. The van der Waals surface area contributed by atoms with Crippen molar-refractivity contribution in [2.45, 2.75) is 18.9 Å². The predicted molar refractivity (Wildman–Crippen MR) is 103 cm³/mol. The Morgan fingerprint density at radius 3 is 3.08 bits per heavy atom. The van der Waals surface area contributed by atoms with E-state index >= 15 is 0 Å². The van der Waals surface area contributed by atoms with Gasteiger partial charge in [-0.2, -0.15) is 9.61 Å². The quantitative estimate of drug-likeness (QED) is 0.518. The fraction of sp³-hybridized carbons (Fsp3) is 0.278. The van der Waals surface area contributed by atoms with Crippen molar-refractivity contribution in [2.24, 2.45) is 0 Å². The van der Waals surface area contributed by atoms with Gasteiger partial charge in [0, 0.05) is 35.2 Å². The van der Waals surface area contributed by atoms with Crippen LogP contribution >= 0.6 is 11.6 Å². The van der Waals surface area contributed by atoms with Crippen molar-refractivity contribution in [2.75, 3.05) is 18.4 Å². The molecule has 1 aliphatic rings. The summed E-state index contributed by atoms with van der Waals surface area (Å²) in [6.45, 7) is 1.97. The standard InChI is InChI=1S/C18H18ClN7/c19-16-15(13-9-21-14-6-2-1-5-12(13)14)25-17(18-22-10-23-26(16)18)24-11-4-3-7-20-8-11/h1-2,5-6,9-11,20-21H,3-4,7-8H2,(H,24,25)/t11-/m0/s1. The van der Waals surface area contributed by atoms with Crippen molar-refractivity contribution in [3.05, 3.63) is 41.9 Å². The molecule has 7 nitrogen and oxygen atoms in total. The van der Waals surface area contributed by atoms with Gasteiger partial charge in [-0.15, -0.1) is 0 Å². The number of H-pyrrole nitrogens is 1. The number of aromatic amines is 1. The lowest BCUT2D eigenvalue weighted by molar-refractivity contribution is 0.479. The van der Waals surface area contributed by atoms with E-state index < -0.39 is 0 Å². The number of piperidine rings is 1. The van der Waals surface area contributed by atoms with Crippen LogP contribution in [0, 0.1) is 0 Å². The fourth-order valence-electron chi connectivity index (χ4n) is 3.56. The highest BCUT2D eigenvalue weighted by Gasteiger charge is 2.21. The molecule has 0 bridgehead atoms. The van der Waals surface area contributed by atoms with Crippen LogP contribution in [0.25, 0.3) is 27.8 Å². The highest BCUT2D eigenvalue weighted by Crippen LogP contribution is 2.34. The number of rotatable bonds is 3. The van der Waals surface area contributed by atoms with Gasteiger partial charge in [0.1, 0.15) is 12.0 Å². The first kappa shape index (κ1) is 15.6. The van der Waals surface area contributed by atoms with Crippen LogP contribution in [-0.4, -0.2) is 43.7 Å². The van der Waals surface area contributed by atoms with Gasteiger partial charge >= 0.3 is 0 Å². The first-order valence-electron chi connectivity index (χ1n) is 8.74. The van der Waals surface area contributed by atoms with Crippen molar-refractivity contribution >= 4 is 34.0 Å². The Labute approximate surface area is 154 Å². The van der Waals surface area contributed by atoms with E-state index in [9.17, 15) is 0 Å². The van der Waals surface area contributed by atoms with Gasteiger partial charge in [0.05, 0.1) is 0 Å². The Kier molecular flexibility index (Phi) is 3.76. The van der Waals surface area contributed by atoms with Crippen LogP contribution in [0.4, 0.5) is 5.82 Å². The molecule has 0 aliphatic carbocycles. The van der Waals surface area contributed by atoms with Crippen LogP contribution < -0.4 is 10.6 Å². The van der Waals surface area contributed by atoms with Crippen molar-refractivity contribution in [3.8, 4) is 11.3 Å². The van der Waals surface area contributed by atoms with Gasteiger partial charge in [0.15, 0.2) is 16.6 Å². The van der Waals surface area contributed by atoms with Crippen molar-refractivity contribution in [1.82, 2.24) is 29.9 Å². The number of hydrogen-bond donors (Lipinski definition) is 3. The van der Waals surface area contributed by atoms with E-state index in [1.165, 1.54) is 6.33 Å². The number of nitrogens with zero attached hydrogens (tertiary/aromatic N) is 4. The van der Waals surface area contributed by atoms with Gasteiger partial charge in [-0.3, -0.25) is 0 Å². The second-order valence-corrected chi connectivity index (χ2v) is 6.89. The SMILES string of the molecule is Clc1c(-c2c[nH]c3ccccc23)nc(N[C@H]2CCCNC2)c2ncnn12. The molecule has 4 heterocycles. The van der Waals surface area contributed by atoms with Gasteiger partial charge in [-0.05, 0) is 25.5 Å². The van der Waals surface area contributed by atoms with Crippen LogP contribution in [-0.2, 0) is 0 Å². The molecule has 1 aromatic carbocycles. The fourth-order valence-corrected chi connectivity index (χ4v) is 3.83. The van der Waals surface area contributed by atoms with Gasteiger partial charge in [-0.25, -0.2) is 9.97 Å². The summed E-state index contributed by atoms with van der Waals surface area (Å²) >= 11 is 6.63.